The Morgan fingerprint density at radius 3 is 2.58 bits per heavy atom. The minimum absolute atomic E-state index is 0.0150. The van der Waals surface area contributed by atoms with Gasteiger partial charge >= 0.3 is 0 Å². The summed E-state index contributed by atoms with van der Waals surface area (Å²) in [6, 6.07) is 12.9. The molecule has 0 bridgehead atoms. The number of hydrazine groups is 1. The lowest BCUT2D eigenvalue weighted by Crippen LogP contribution is -2.49. The van der Waals surface area contributed by atoms with Crippen LogP contribution in [-0.2, 0) is 4.79 Å². The van der Waals surface area contributed by atoms with Crippen LogP contribution in [0, 0.1) is 17.4 Å². The molecule has 0 saturated heterocycles. The predicted octanol–water partition coefficient (Wildman–Crippen LogP) is 2.62. The SMILES string of the molecule is Cc1ccc(C)c(OCC(=O)NC(=S)NNC(=O)c2ccccc2I)c1. The Morgan fingerprint density at radius 1 is 1.12 bits per heavy atom. The first-order valence-corrected chi connectivity index (χ1v) is 9.20. The van der Waals surface area contributed by atoms with E-state index in [4.69, 9.17) is 17.0 Å². The van der Waals surface area contributed by atoms with E-state index in [1.54, 1.807) is 12.1 Å². The van der Waals surface area contributed by atoms with Crippen molar-refractivity contribution in [2.24, 2.45) is 0 Å². The molecular formula is C18H18IN3O3S. The summed E-state index contributed by atoms with van der Waals surface area (Å²) < 4.78 is 6.31. The van der Waals surface area contributed by atoms with Crippen molar-refractivity contribution in [3.63, 3.8) is 0 Å². The van der Waals surface area contributed by atoms with Crippen LogP contribution in [0.5, 0.6) is 5.75 Å². The minimum Gasteiger partial charge on any atom is -0.483 e. The number of thiocarbonyl (C=S) groups is 1. The van der Waals surface area contributed by atoms with E-state index in [0.29, 0.717) is 11.3 Å². The zero-order valence-corrected chi connectivity index (χ0v) is 17.2. The van der Waals surface area contributed by atoms with Gasteiger partial charge in [-0.2, -0.15) is 0 Å². The summed E-state index contributed by atoms with van der Waals surface area (Å²) in [7, 11) is 0. The molecule has 0 aliphatic carbocycles. The number of nitrogens with one attached hydrogen (secondary N) is 3. The zero-order chi connectivity index (χ0) is 19.1. The molecule has 26 heavy (non-hydrogen) atoms. The summed E-state index contributed by atoms with van der Waals surface area (Å²) in [4.78, 5) is 24.0. The van der Waals surface area contributed by atoms with Gasteiger partial charge in [-0.3, -0.25) is 25.8 Å². The van der Waals surface area contributed by atoms with E-state index >= 15 is 0 Å². The van der Waals surface area contributed by atoms with Crippen molar-refractivity contribution >= 4 is 51.7 Å². The molecule has 2 amide bonds. The molecule has 8 heteroatoms. The molecule has 0 fully saturated rings. The van der Waals surface area contributed by atoms with Gasteiger partial charge in [0.25, 0.3) is 11.8 Å². The molecule has 0 radical (unpaired) electrons. The zero-order valence-electron chi connectivity index (χ0n) is 14.3. The molecule has 0 heterocycles. The van der Waals surface area contributed by atoms with E-state index in [2.05, 4.69) is 38.8 Å². The van der Waals surface area contributed by atoms with Crippen molar-refractivity contribution in [3.8, 4) is 5.75 Å². The second-order valence-electron chi connectivity index (χ2n) is 5.49. The molecule has 0 saturated carbocycles. The van der Waals surface area contributed by atoms with Crippen molar-refractivity contribution in [1.29, 1.82) is 0 Å². The van der Waals surface area contributed by atoms with E-state index in [-0.39, 0.29) is 17.6 Å². The summed E-state index contributed by atoms with van der Waals surface area (Å²) in [6.07, 6.45) is 0. The Balaban J connectivity index is 1.78. The average molecular weight is 483 g/mol. The lowest BCUT2D eigenvalue weighted by molar-refractivity contribution is -0.121. The lowest BCUT2D eigenvalue weighted by atomic mass is 10.1. The van der Waals surface area contributed by atoms with Crippen LogP contribution in [0.3, 0.4) is 0 Å². The molecular weight excluding hydrogens is 465 g/mol. The molecule has 2 rings (SSSR count). The number of carbonyl (C=O) groups excluding carboxylic acids is 2. The maximum absolute atomic E-state index is 12.1. The maximum Gasteiger partial charge on any atom is 0.270 e. The first-order chi connectivity index (χ1) is 12.4. The highest BCUT2D eigenvalue weighted by Crippen LogP contribution is 2.18. The Kier molecular flexibility index (Phi) is 7.34. The summed E-state index contributed by atoms with van der Waals surface area (Å²) in [5, 5.41) is 2.43. The lowest BCUT2D eigenvalue weighted by Gasteiger charge is -2.13. The number of carbonyl (C=O) groups is 2. The first kappa shape index (κ1) is 20.1. The van der Waals surface area contributed by atoms with Gasteiger partial charge in [-0.25, -0.2) is 0 Å². The normalized spacial score (nSPS) is 9.96. The quantitative estimate of drug-likeness (QED) is 0.354. The van der Waals surface area contributed by atoms with Crippen LogP contribution < -0.4 is 20.9 Å². The van der Waals surface area contributed by atoms with Gasteiger partial charge in [0, 0.05) is 3.57 Å². The molecule has 0 atom stereocenters. The van der Waals surface area contributed by atoms with Crippen LogP contribution in [0.2, 0.25) is 0 Å². The Hall–Kier alpha value is -2.20. The number of hydrogen-bond acceptors (Lipinski definition) is 4. The van der Waals surface area contributed by atoms with Crippen LogP contribution in [0.15, 0.2) is 42.5 Å². The molecule has 3 N–H and O–H groups in total. The molecule has 0 aliphatic rings. The van der Waals surface area contributed by atoms with E-state index in [1.807, 2.05) is 44.2 Å². The Labute approximate surface area is 170 Å². The van der Waals surface area contributed by atoms with E-state index < -0.39 is 5.91 Å². The average Bonchev–Trinajstić information content (AvgIpc) is 2.61. The second-order valence-corrected chi connectivity index (χ2v) is 7.06. The highest BCUT2D eigenvalue weighted by Gasteiger charge is 2.11. The van der Waals surface area contributed by atoms with Gasteiger partial charge in [0.2, 0.25) is 0 Å². The highest BCUT2D eigenvalue weighted by atomic mass is 127. The molecule has 0 aromatic heterocycles. The van der Waals surface area contributed by atoms with Gasteiger partial charge in [-0.15, -0.1) is 0 Å². The van der Waals surface area contributed by atoms with Gasteiger partial charge in [0.1, 0.15) is 5.75 Å². The van der Waals surface area contributed by atoms with Gasteiger partial charge in [0.15, 0.2) is 11.7 Å². The van der Waals surface area contributed by atoms with E-state index in [9.17, 15) is 9.59 Å². The van der Waals surface area contributed by atoms with Crippen molar-refractivity contribution < 1.29 is 14.3 Å². The maximum atomic E-state index is 12.1. The fourth-order valence-electron chi connectivity index (χ4n) is 2.03. The number of rotatable bonds is 4. The largest absolute Gasteiger partial charge is 0.483 e. The minimum atomic E-state index is -0.424. The second kappa shape index (κ2) is 9.48. The third-order valence-corrected chi connectivity index (χ3v) is 4.51. The monoisotopic (exact) mass is 483 g/mol. The number of hydrogen-bond donors (Lipinski definition) is 3. The Bertz CT molecular complexity index is 842. The highest BCUT2D eigenvalue weighted by molar-refractivity contribution is 14.1. The summed E-state index contributed by atoms with van der Waals surface area (Å²) in [6.45, 7) is 3.66. The number of halogens is 1. The van der Waals surface area contributed by atoms with Crippen molar-refractivity contribution in [2.75, 3.05) is 6.61 Å². The van der Waals surface area contributed by atoms with Crippen LogP contribution in [0.25, 0.3) is 0 Å². The molecule has 6 nitrogen and oxygen atoms in total. The number of aryl methyl sites for hydroxylation is 2. The predicted molar refractivity (Wildman–Crippen MR) is 112 cm³/mol. The third-order valence-electron chi connectivity index (χ3n) is 3.36. The molecule has 0 aliphatic heterocycles. The molecule has 0 spiro atoms. The topological polar surface area (TPSA) is 79.5 Å². The van der Waals surface area contributed by atoms with Gasteiger partial charge in [-0.05, 0) is 78.0 Å². The summed E-state index contributed by atoms with van der Waals surface area (Å²) >= 11 is 7.06. The van der Waals surface area contributed by atoms with Gasteiger partial charge < -0.3 is 4.74 Å². The number of ether oxygens (including phenoxy) is 1. The van der Waals surface area contributed by atoms with E-state index in [0.717, 1.165) is 14.7 Å². The third kappa shape index (κ3) is 5.95. The van der Waals surface area contributed by atoms with Gasteiger partial charge in [-0.1, -0.05) is 24.3 Å². The van der Waals surface area contributed by atoms with Crippen LogP contribution in [0.1, 0.15) is 21.5 Å². The standard InChI is InChI=1S/C18H18IN3O3S/c1-11-7-8-12(2)15(9-11)25-10-16(23)20-18(26)22-21-17(24)13-5-3-4-6-14(13)19/h3-9H,10H2,1-2H3,(H,21,24)(H2,20,22,23,26). The smallest absolute Gasteiger partial charge is 0.270 e. The van der Waals surface area contributed by atoms with E-state index in [1.165, 1.54) is 0 Å². The summed E-state index contributed by atoms with van der Waals surface area (Å²) in [5.41, 5.74) is 7.43. The number of amides is 2. The van der Waals surface area contributed by atoms with Crippen LogP contribution in [-0.4, -0.2) is 23.5 Å². The van der Waals surface area contributed by atoms with Crippen molar-refractivity contribution in [1.82, 2.24) is 16.2 Å². The first-order valence-electron chi connectivity index (χ1n) is 7.71. The summed E-state index contributed by atoms with van der Waals surface area (Å²) in [5.74, 6) is -0.129. The van der Waals surface area contributed by atoms with Crippen molar-refractivity contribution in [2.45, 2.75) is 13.8 Å². The van der Waals surface area contributed by atoms with Crippen LogP contribution in [0.4, 0.5) is 0 Å². The van der Waals surface area contributed by atoms with Crippen LogP contribution >= 0.6 is 34.8 Å². The molecule has 136 valence electrons. The fraction of sp³-hybridized carbons (Fsp3) is 0.167. The number of benzene rings is 2. The molecule has 2 aromatic carbocycles. The van der Waals surface area contributed by atoms with Gasteiger partial charge in [0.05, 0.1) is 5.56 Å². The Morgan fingerprint density at radius 2 is 1.85 bits per heavy atom. The fourth-order valence-corrected chi connectivity index (χ4v) is 2.82. The molecule has 0 unspecified atom stereocenters. The van der Waals surface area contributed by atoms with Crippen molar-refractivity contribution in [3.05, 3.63) is 62.7 Å². The molecule has 2 aromatic rings.